The summed E-state index contributed by atoms with van der Waals surface area (Å²) < 4.78 is 0. The van der Waals surface area contributed by atoms with Crippen molar-refractivity contribution in [3.8, 4) is 0 Å². The molecule has 2 heteroatoms. The average Bonchev–Trinajstić information content (AvgIpc) is 2.40. The first kappa shape index (κ1) is 12.6. The van der Waals surface area contributed by atoms with Crippen molar-refractivity contribution in [3.63, 3.8) is 0 Å². The van der Waals surface area contributed by atoms with Gasteiger partial charge in [-0.2, -0.15) is 0 Å². The Morgan fingerprint density at radius 1 is 0.944 bits per heavy atom. The second-order valence-electron chi connectivity index (χ2n) is 4.09. The molecule has 0 heterocycles. The Hall–Kier alpha value is -1.86. The lowest BCUT2D eigenvalue weighted by Gasteiger charge is -2.00. The third-order valence-corrected chi connectivity index (χ3v) is 2.97. The maximum atomic E-state index is 12.0. The Kier molecular flexibility index (Phi) is 3.96. The van der Waals surface area contributed by atoms with Gasteiger partial charge >= 0.3 is 0 Å². The van der Waals surface area contributed by atoms with Gasteiger partial charge in [0.05, 0.1) is 5.03 Å². The number of rotatable bonds is 3. The summed E-state index contributed by atoms with van der Waals surface area (Å²) in [4.78, 5) is 12.0. The topological polar surface area (TPSA) is 17.1 Å². The van der Waals surface area contributed by atoms with Crippen LogP contribution in [0.1, 0.15) is 21.5 Å². The minimum Gasteiger partial charge on any atom is -0.289 e. The molecule has 18 heavy (non-hydrogen) atoms. The fourth-order valence-corrected chi connectivity index (χ4v) is 1.82. The Balaban J connectivity index is 2.23. The zero-order chi connectivity index (χ0) is 13.0. The molecular formula is C16H13ClO. The van der Waals surface area contributed by atoms with Crippen LogP contribution < -0.4 is 0 Å². The quantitative estimate of drug-likeness (QED) is 0.585. The molecule has 0 atom stereocenters. The molecule has 0 aliphatic heterocycles. The highest BCUT2D eigenvalue weighted by Gasteiger charge is 2.04. The fraction of sp³-hybridized carbons (Fsp3) is 0.0625. The average molecular weight is 257 g/mol. The van der Waals surface area contributed by atoms with E-state index >= 15 is 0 Å². The lowest BCUT2D eigenvalue weighted by Crippen LogP contribution is -1.94. The number of hydrogen-bond acceptors (Lipinski definition) is 1. The number of carbonyl (C=O) groups is 1. The van der Waals surface area contributed by atoms with Crippen LogP contribution >= 0.6 is 11.6 Å². The third kappa shape index (κ3) is 3.08. The highest BCUT2D eigenvalue weighted by atomic mass is 35.5. The largest absolute Gasteiger partial charge is 0.289 e. The monoisotopic (exact) mass is 256 g/mol. The van der Waals surface area contributed by atoms with Crippen LogP contribution in [0.3, 0.4) is 0 Å². The Morgan fingerprint density at radius 2 is 1.56 bits per heavy atom. The summed E-state index contributed by atoms with van der Waals surface area (Å²) in [5.74, 6) is -0.0798. The van der Waals surface area contributed by atoms with Crippen LogP contribution in [-0.4, -0.2) is 5.78 Å². The first-order valence-electron chi connectivity index (χ1n) is 5.70. The number of carbonyl (C=O) groups excluding carboxylic acids is 1. The molecule has 0 aliphatic rings. The van der Waals surface area contributed by atoms with Crippen molar-refractivity contribution < 1.29 is 4.79 Å². The SMILES string of the molecule is Cc1ccc(C(=O)/C=C(\Cl)c2ccccc2)cc1. The summed E-state index contributed by atoms with van der Waals surface area (Å²) in [6, 6.07) is 16.9. The van der Waals surface area contributed by atoms with Crippen LogP contribution in [0.5, 0.6) is 0 Å². The van der Waals surface area contributed by atoms with Gasteiger partial charge in [-0.3, -0.25) is 4.79 Å². The standard InChI is InChI=1S/C16H13ClO/c1-12-7-9-14(10-8-12)16(18)11-15(17)13-5-3-2-4-6-13/h2-11H,1H3/b15-11-. The van der Waals surface area contributed by atoms with Gasteiger partial charge in [-0.1, -0.05) is 71.8 Å². The molecule has 1 nitrogen and oxygen atoms in total. The maximum Gasteiger partial charge on any atom is 0.187 e. The first-order chi connectivity index (χ1) is 8.66. The maximum absolute atomic E-state index is 12.0. The Morgan fingerprint density at radius 3 is 2.17 bits per heavy atom. The molecule has 90 valence electrons. The summed E-state index contributed by atoms with van der Waals surface area (Å²) in [6.45, 7) is 1.99. The van der Waals surface area contributed by atoms with E-state index in [0.717, 1.165) is 11.1 Å². The smallest absolute Gasteiger partial charge is 0.187 e. The van der Waals surface area contributed by atoms with E-state index in [1.54, 1.807) is 0 Å². The van der Waals surface area contributed by atoms with E-state index in [4.69, 9.17) is 11.6 Å². The molecule has 2 aromatic rings. The van der Waals surface area contributed by atoms with E-state index in [0.29, 0.717) is 10.6 Å². The normalized spacial score (nSPS) is 11.3. The second kappa shape index (κ2) is 5.65. The van der Waals surface area contributed by atoms with Crippen molar-refractivity contribution >= 4 is 22.4 Å². The van der Waals surface area contributed by atoms with Crippen LogP contribution in [0.25, 0.3) is 5.03 Å². The summed E-state index contributed by atoms with van der Waals surface area (Å²) >= 11 is 6.12. The van der Waals surface area contributed by atoms with Crippen molar-refractivity contribution in [2.75, 3.05) is 0 Å². The molecular weight excluding hydrogens is 244 g/mol. The minimum absolute atomic E-state index is 0.0798. The highest BCUT2D eigenvalue weighted by Crippen LogP contribution is 2.19. The van der Waals surface area contributed by atoms with Gasteiger partial charge in [-0.25, -0.2) is 0 Å². The van der Waals surface area contributed by atoms with E-state index in [1.165, 1.54) is 6.08 Å². The van der Waals surface area contributed by atoms with E-state index in [9.17, 15) is 4.79 Å². The zero-order valence-electron chi connectivity index (χ0n) is 10.1. The molecule has 0 unspecified atom stereocenters. The van der Waals surface area contributed by atoms with Gasteiger partial charge in [0.1, 0.15) is 0 Å². The summed E-state index contributed by atoms with van der Waals surface area (Å²) in [7, 11) is 0. The van der Waals surface area contributed by atoms with Crippen molar-refractivity contribution in [1.29, 1.82) is 0 Å². The van der Waals surface area contributed by atoms with Crippen LogP contribution in [0.4, 0.5) is 0 Å². The van der Waals surface area contributed by atoms with Gasteiger partial charge in [0.15, 0.2) is 5.78 Å². The van der Waals surface area contributed by atoms with Crippen LogP contribution in [0.2, 0.25) is 0 Å². The van der Waals surface area contributed by atoms with E-state index < -0.39 is 0 Å². The molecule has 0 amide bonds. The van der Waals surface area contributed by atoms with Gasteiger partial charge in [-0.05, 0) is 12.5 Å². The zero-order valence-corrected chi connectivity index (χ0v) is 10.8. The van der Waals surface area contributed by atoms with Crippen LogP contribution in [0, 0.1) is 6.92 Å². The number of aryl methyl sites for hydroxylation is 1. The highest BCUT2D eigenvalue weighted by molar-refractivity contribution is 6.50. The number of ketones is 1. The molecule has 0 aliphatic carbocycles. The molecule has 0 fully saturated rings. The van der Waals surface area contributed by atoms with Crippen molar-refractivity contribution in [2.24, 2.45) is 0 Å². The molecule has 0 bridgehead atoms. The minimum atomic E-state index is -0.0798. The predicted octanol–water partition coefficient (Wildman–Crippen LogP) is 4.46. The Labute approximate surface area is 112 Å². The van der Waals surface area contributed by atoms with Crippen LogP contribution in [0.15, 0.2) is 60.7 Å². The number of halogens is 1. The molecule has 0 N–H and O–H groups in total. The van der Waals surface area contributed by atoms with Gasteiger partial charge in [0.25, 0.3) is 0 Å². The fourth-order valence-electron chi connectivity index (χ4n) is 1.60. The Bertz CT molecular complexity index is 568. The van der Waals surface area contributed by atoms with Gasteiger partial charge in [-0.15, -0.1) is 0 Å². The lowest BCUT2D eigenvalue weighted by atomic mass is 10.1. The van der Waals surface area contributed by atoms with Crippen molar-refractivity contribution in [3.05, 3.63) is 77.4 Å². The molecule has 2 rings (SSSR count). The summed E-state index contributed by atoms with van der Waals surface area (Å²) in [5, 5.41) is 0.459. The number of hydrogen-bond donors (Lipinski definition) is 0. The lowest BCUT2D eigenvalue weighted by molar-refractivity contribution is 0.104. The van der Waals surface area contributed by atoms with Gasteiger partial charge < -0.3 is 0 Å². The summed E-state index contributed by atoms with van der Waals surface area (Å²) in [5.41, 5.74) is 2.62. The summed E-state index contributed by atoms with van der Waals surface area (Å²) in [6.07, 6.45) is 1.46. The van der Waals surface area contributed by atoms with Gasteiger partial charge in [0, 0.05) is 11.6 Å². The molecule has 0 radical (unpaired) electrons. The second-order valence-corrected chi connectivity index (χ2v) is 4.50. The van der Waals surface area contributed by atoms with Crippen molar-refractivity contribution in [1.82, 2.24) is 0 Å². The third-order valence-electron chi connectivity index (χ3n) is 2.64. The van der Waals surface area contributed by atoms with E-state index in [1.807, 2.05) is 61.5 Å². The first-order valence-corrected chi connectivity index (χ1v) is 6.08. The number of allylic oxidation sites excluding steroid dienone is 1. The van der Waals surface area contributed by atoms with Crippen molar-refractivity contribution in [2.45, 2.75) is 6.92 Å². The molecule has 0 saturated carbocycles. The van der Waals surface area contributed by atoms with Crippen LogP contribution in [-0.2, 0) is 0 Å². The predicted molar refractivity (Wildman–Crippen MR) is 75.8 cm³/mol. The molecule has 2 aromatic carbocycles. The molecule has 0 saturated heterocycles. The molecule has 0 spiro atoms. The van der Waals surface area contributed by atoms with Gasteiger partial charge in [0.2, 0.25) is 0 Å². The van der Waals surface area contributed by atoms with E-state index in [-0.39, 0.29) is 5.78 Å². The van der Waals surface area contributed by atoms with E-state index in [2.05, 4.69) is 0 Å². The molecule has 0 aromatic heterocycles. The number of benzene rings is 2.